The smallest absolute Gasteiger partial charge is 0.258 e. The van der Waals surface area contributed by atoms with Gasteiger partial charge in [-0.15, -0.1) is 34.0 Å². The van der Waals surface area contributed by atoms with Gasteiger partial charge in [-0.25, -0.2) is 0 Å². The molecular weight excluding hydrogens is 985 g/mol. The number of amides is 3. The molecule has 360 valence electrons. The van der Waals surface area contributed by atoms with E-state index in [2.05, 4.69) is 36.4 Å². The van der Waals surface area contributed by atoms with Crippen molar-refractivity contribution in [3.63, 3.8) is 0 Å². The van der Waals surface area contributed by atoms with E-state index in [1.54, 1.807) is 107 Å². The zero-order chi connectivity index (χ0) is 50.9. The maximum atomic E-state index is 15.4. The Kier molecular flexibility index (Phi) is 11.3. The number of thiophene rings is 3. The molecule has 13 aromatic rings. The molecule has 0 atom stereocenters. The summed E-state index contributed by atoms with van der Waals surface area (Å²) in [6.45, 7) is 0. The number of hydrogen-bond acceptors (Lipinski definition) is 9. The quantitative estimate of drug-likeness (QED) is 0.143. The number of hydrogen-bond donors (Lipinski definition) is 0. The largest absolute Gasteiger partial charge is 0.311 e. The van der Waals surface area contributed by atoms with Gasteiger partial charge in [-0.2, -0.15) is 0 Å². The molecule has 3 amide bonds. The Labute approximate surface area is 442 Å². The monoisotopic (exact) mass is 1030 g/mol. The van der Waals surface area contributed by atoms with E-state index in [1.807, 2.05) is 127 Å². The maximum Gasteiger partial charge on any atom is 0.258 e. The highest BCUT2D eigenvalue weighted by atomic mass is 32.1. The standard InChI is InChI=1S/C63H42N6O3S3/c1-67(49-28-25-40(46-19-10-13-31-64-46)58-55(49)43-16-4-7-22-52(43)73-58)61(70)37-34-38(62(71)68(2)50-29-26-41(47-20-11-14-32-65-47)59-56(50)44-17-5-8-23-53(44)74-59)36-39(35-37)63(72)69(3)51-30-27-42(48-21-12-15-33-66-48)60-57(51)45-18-6-9-24-54(45)75-60/h4-36H,1-3H3. The van der Waals surface area contributed by atoms with E-state index >= 15 is 14.4 Å². The van der Waals surface area contributed by atoms with Gasteiger partial charge >= 0.3 is 0 Å². The van der Waals surface area contributed by atoms with Crippen LogP contribution in [0.1, 0.15) is 31.1 Å². The van der Waals surface area contributed by atoms with Crippen LogP contribution in [0.2, 0.25) is 0 Å². The van der Waals surface area contributed by atoms with Crippen LogP contribution in [0.4, 0.5) is 17.1 Å². The Morgan fingerprint density at radius 1 is 0.347 bits per heavy atom. The molecule has 0 N–H and O–H groups in total. The molecule has 0 saturated carbocycles. The number of pyridine rings is 3. The van der Waals surface area contributed by atoms with Gasteiger partial charge in [0.15, 0.2) is 0 Å². The van der Waals surface area contributed by atoms with E-state index in [-0.39, 0.29) is 34.4 Å². The van der Waals surface area contributed by atoms with E-state index in [4.69, 9.17) is 15.0 Å². The van der Waals surface area contributed by atoms with Gasteiger partial charge in [0.05, 0.1) is 34.1 Å². The minimum Gasteiger partial charge on any atom is -0.311 e. The van der Waals surface area contributed by atoms with Crippen molar-refractivity contribution in [3.05, 3.63) is 217 Å². The number of carbonyl (C=O) groups excluding carboxylic acids is 3. The number of aromatic nitrogens is 3. The van der Waals surface area contributed by atoms with E-state index in [0.29, 0.717) is 17.1 Å². The molecule has 12 heteroatoms. The fourth-order valence-corrected chi connectivity index (χ4v) is 14.1. The van der Waals surface area contributed by atoms with Crippen LogP contribution in [0.3, 0.4) is 0 Å². The number of anilines is 3. The van der Waals surface area contributed by atoms with Crippen LogP contribution in [0.25, 0.3) is 94.3 Å². The lowest BCUT2D eigenvalue weighted by atomic mass is 10.00. The average Bonchev–Trinajstić information content (AvgIpc) is 4.24. The van der Waals surface area contributed by atoms with Gasteiger partial charge in [-0.1, -0.05) is 72.8 Å². The SMILES string of the molecule is CN(C(=O)c1cc(C(=O)N(C)c2ccc(-c3ccccn3)c3sc4ccccc4c23)cc(C(=O)N(C)c2ccc(-c3ccccn3)c3sc4ccccc4c23)c1)c1ccc(-c2ccccn2)c2sc3ccccc3c12. The van der Waals surface area contributed by atoms with Crippen molar-refractivity contribution in [1.82, 2.24) is 15.0 Å². The Morgan fingerprint density at radius 3 is 0.907 bits per heavy atom. The third-order valence-electron chi connectivity index (χ3n) is 14.0. The lowest BCUT2D eigenvalue weighted by Gasteiger charge is -2.24. The molecule has 0 bridgehead atoms. The predicted molar refractivity (Wildman–Crippen MR) is 312 cm³/mol. The lowest BCUT2D eigenvalue weighted by Crippen LogP contribution is -2.31. The van der Waals surface area contributed by atoms with Gasteiger partial charge in [-0.3, -0.25) is 29.3 Å². The van der Waals surface area contributed by atoms with Gasteiger partial charge in [0.1, 0.15) is 0 Å². The molecule has 6 aromatic heterocycles. The van der Waals surface area contributed by atoms with Crippen molar-refractivity contribution in [2.24, 2.45) is 0 Å². The molecule has 0 unspecified atom stereocenters. The van der Waals surface area contributed by atoms with E-state index in [0.717, 1.165) is 94.3 Å². The summed E-state index contributed by atoms with van der Waals surface area (Å²) in [5, 5.41) is 5.78. The van der Waals surface area contributed by atoms with Crippen LogP contribution in [-0.4, -0.2) is 53.8 Å². The minimum atomic E-state index is -0.386. The van der Waals surface area contributed by atoms with Crippen molar-refractivity contribution in [3.8, 4) is 33.8 Å². The summed E-state index contributed by atoms with van der Waals surface area (Å²) in [7, 11) is 5.25. The Bertz CT molecular complexity index is 3980. The molecule has 0 spiro atoms. The van der Waals surface area contributed by atoms with E-state index < -0.39 is 0 Å². The first-order chi connectivity index (χ1) is 36.7. The van der Waals surface area contributed by atoms with E-state index in [9.17, 15) is 0 Å². The number of fused-ring (bicyclic) bond motifs is 9. The summed E-state index contributed by atoms with van der Waals surface area (Å²) < 4.78 is 6.22. The summed E-state index contributed by atoms with van der Waals surface area (Å²) in [5.74, 6) is -1.16. The Morgan fingerprint density at radius 2 is 0.627 bits per heavy atom. The van der Waals surface area contributed by atoms with Crippen molar-refractivity contribution in [2.75, 3.05) is 35.8 Å². The summed E-state index contributed by atoms with van der Waals surface area (Å²) in [5.41, 5.74) is 7.98. The molecule has 9 nitrogen and oxygen atoms in total. The second-order valence-electron chi connectivity index (χ2n) is 18.3. The molecule has 75 heavy (non-hydrogen) atoms. The number of benzene rings is 7. The van der Waals surface area contributed by atoms with Crippen LogP contribution in [0, 0.1) is 0 Å². The molecule has 0 aliphatic rings. The zero-order valence-corrected chi connectivity index (χ0v) is 43.1. The fraction of sp³-hybridized carbons (Fsp3) is 0.0476. The molecule has 0 saturated heterocycles. The Balaban J connectivity index is 0.959. The van der Waals surface area contributed by atoms with Crippen molar-refractivity contribution in [2.45, 2.75) is 0 Å². The summed E-state index contributed by atoms with van der Waals surface area (Å²) in [6.07, 6.45) is 5.35. The molecule has 13 rings (SSSR count). The topological polar surface area (TPSA) is 99.6 Å². The summed E-state index contributed by atoms with van der Waals surface area (Å²) in [6, 6.07) is 58.9. The van der Waals surface area contributed by atoms with Crippen LogP contribution in [-0.2, 0) is 0 Å². The Hall–Kier alpha value is -8.94. The first-order valence-electron chi connectivity index (χ1n) is 24.3. The van der Waals surface area contributed by atoms with Gasteiger partial charge in [0.25, 0.3) is 17.7 Å². The predicted octanol–water partition coefficient (Wildman–Crippen LogP) is 15.8. The second-order valence-corrected chi connectivity index (χ2v) is 21.5. The highest BCUT2D eigenvalue weighted by Gasteiger charge is 2.28. The molecular formula is C63H42N6O3S3. The number of carbonyl (C=O) groups is 3. The lowest BCUT2D eigenvalue weighted by molar-refractivity contribution is 0.0992. The maximum absolute atomic E-state index is 15.4. The van der Waals surface area contributed by atoms with Gasteiger partial charge < -0.3 is 14.7 Å². The molecule has 6 heterocycles. The third kappa shape index (κ3) is 7.72. The van der Waals surface area contributed by atoms with Gasteiger partial charge in [-0.05, 0) is 109 Å². The molecule has 0 aliphatic heterocycles. The minimum absolute atomic E-state index is 0.184. The molecule has 0 aliphatic carbocycles. The van der Waals surface area contributed by atoms with Crippen molar-refractivity contribution < 1.29 is 14.4 Å². The van der Waals surface area contributed by atoms with Crippen molar-refractivity contribution in [1.29, 1.82) is 0 Å². The normalized spacial score (nSPS) is 11.6. The van der Waals surface area contributed by atoms with Crippen LogP contribution < -0.4 is 14.7 Å². The van der Waals surface area contributed by atoms with Crippen LogP contribution >= 0.6 is 34.0 Å². The summed E-state index contributed by atoms with van der Waals surface area (Å²) in [4.78, 5) is 65.2. The van der Waals surface area contributed by atoms with E-state index in [1.165, 1.54) is 0 Å². The number of nitrogens with zero attached hydrogens (tertiary/aromatic N) is 6. The van der Waals surface area contributed by atoms with Crippen LogP contribution in [0.5, 0.6) is 0 Å². The molecule has 7 aromatic carbocycles. The molecule has 0 fully saturated rings. The second kappa shape index (κ2) is 18.5. The zero-order valence-electron chi connectivity index (χ0n) is 40.7. The highest BCUT2D eigenvalue weighted by Crippen LogP contribution is 2.48. The first kappa shape index (κ1) is 45.9. The first-order valence-corrected chi connectivity index (χ1v) is 26.7. The van der Waals surface area contributed by atoms with Gasteiger partial charge in [0, 0.05) is 134 Å². The number of rotatable bonds is 9. The van der Waals surface area contributed by atoms with Crippen molar-refractivity contribution >= 4 is 129 Å². The summed E-state index contributed by atoms with van der Waals surface area (Å²) >= 11 is 4.97. The third-order valence-corrected chi connectivity index (χ3v) is 17.6. The molecule has 0 radical (unpaired) electrons. The fourth-order valence-electron chi connectivity index (χ4n) is 10.3. The highest BCUT2D eigenvalue weighted by molar-refractivity contribution is 7.27. The average molecular weight is 1030 g/mol. The van der Waals surface area contributed by atoms with Crippen LogP contribution in [0.15, 0.2) is 201 Å². The van der Waals surface area contributed by atoms with Gasteiger partial charge in [0.2, 0.25) is 0 Å².